The van der Waals surface area contributed by atoms with Gasteiger partial charge in [-0.1, -0.05) is 29.0 Å². The molecule has 4 aromatic rings. The lowest BCUT2D eigenvalue weighted by Gasteiger charge is -2.08. The number of anilines is 1. The summed E-state index contributed by atoms with van der Waals surface area (Å²) in [5, 5.41) is 3.48. The molecule has 0 saturated heterocycles. The van der Waals surface area contributed by atoms with Gasteiger partial charge in [0.15, 0.2) is 22.4 Å². The van der Waals surface area contributed by atoms with Gasteiger partial charge in [0.25, 0.3) is 5.91 Å². The van der Waals surface area contributed by atoms with Crippen molar-refractivity contribution in [3.63, 3.8) is 0 Å². The summed E-state index contributed by atoms with van der Waals surface area (Å²) in [7, 11) is -4.46. The Bertz CT molecular complexity index is 1460. The molecular weight excluding hydrogens is 632 g/mol. The van der Waals surface area contributed by atoms with Gasteiger partial charge in [-0.3, -0.25) is 10.1 Å². The van der Waals surface area contributed by atoms with Gasteiger partial charge < -0.3 is 9.29 Å². The van der Waals surface area contributed by atoms with Crippen LogP contribution in [0.4, 0.5) is 18.3 Å². The van der Waals surface area contributed by atoms with Crippen LogP contribution in [0.5, 0.6) is 5.75 Å². The first-order valence-electron chi connectivity index (χ1n) is 9.95. The molecule has 36 heavy (non-hydrogen) atoms. The van der Waals surface area contributed by atoms with E-state index in [-0.39, 0.29) is 27.1 Å². The van der Waals surface area contributed by atoms with Crippen LogP contribution in [0.1, 0.15) is 15.9 Å². The van der Waals surface area contributed by atoms with Crippen molar-refractivity contribution in [3.8, 4) is 5.75 Å². The molecule has 7 nitrogen and oxygen atoms in total. The minimum Gasteiger partial charge on any atom is -0.741 e. The molecule has 0 spiro atoms. The maximum atomic E-state index is 12.6. The van der Waals surface area contributed by atoms with Gasteiger partial charge in [0.1, 0.15) is 5.75 Å². The summed E-state index contributed by atoms with van der Waals surface area (Å²) in [5.74, 6) is 0.632. The topological polar surface area (TPSA) is 108 Å². The lowest BCUT2D eigenvalue weighted by molar-refractivity contribution is -0.597. The van der Waals surface area contributed by atoms with Gasteiger partial charge >= 0.3 is 26.7 Å². The quantitative estimate of drug-likeness (QED) is 0.201. The zero-order valence-electron chi connectivity index (χ0n) is 18.7. The summed E-state index contributed by atoms with van der Waals surface area (Å²) >= 11 is 1.20. The summed E-state index contributed by atoms with van der Waals surface area (Å²) in [6.07, 6.45) is 0. The summed E-state index contributed by atoms with van der Waals surface area (Å²) in [4.78, 5) is 17.0. The van der Waals surface area contributed by atoms with Gasteiger partial charge in [-0.15, -0.1) is 0 Å². The highest BCUT2D eigenvalue weighted by molar-refractivity contribution is 7.86. The largest absolute Gasteiger partial charge is 0.741 e. The van der Waals surface area contributed by atoms with Crippen molar-refractivity contribution >= 4 is 42.7 Å². The molecule has 0 radical (unpaired) electrons. The van der Waals surface area contributed by atoms with E-state index in [1.807, 2.05) is 42.5 Å². The Morgan fingerprint density at radius 3 is 2.11 bits per heavy atom. The fourth-order valence-electron chi connectivity index (χ4n) is 2.64. The van der Waals surface area contributed by atoms with Gasteiger partial charge in [0.05, 0.1) is 17.3 Å². The number of aromatic nitrogens is 1. The van der Waals surface area contributed by atoms with E-state index in [1.54, 1.807) is 7.11 Å². The average molecular weight is 650 g/mol. The molecule has 1 heterocycles. The number of hydrogen-bond acceptors (Lipinski definition) is 7. The number of halogens is 4. The van der Waals surface area contributed by atoms with Gasteiger partial charge in [-0.25, -0.2) is 13.4 Å². The molecule has 0 aliphatic carbocycles. The first-order valence-corrected chi connectivity index (χ1v) is 14.3. The van der Waals surface area contributed by atoms with E-state index in [9.17, 15) is 18.0 Å². The van der Waals surface area contributed by atoms with Gasteiger partial charge in [0.2, 0.25) is 0 Å². The number of nitrogens with zero attached hydrogens (tertiary/aromatic N) is 1. The molecule has 0 fully saturated rings. The van der Waals surface area contributed by atoms with E-state index in [0.717, 1.165) is 16.0 Å². The van der Waals surface area contributed by atoms with Crippen molar-refractivity contribution < 1.29 is 56.9 Å². The fraction of sp³-hybridized carbons (Fsp3) is 0.130. The number of thiazole rings is 1. The van der Waals surface area contributed by atoms with Crippen molar-refractivity contribution in [1.29, 1.82) is 0 Å². The number of ether oxygens (including phenoxy) is 1. The maximum absolute atomic E-state index is 12.6. The zero-order chi connectivity index (χ0) is 26.5. The molecule has 190 valence electrons. The minimum absolute atomic E-state index is 0.147. The second kappa shape index (κ2) is 11.5. The Kier molecular flexibility index (Phi) is 8.92. The molecule has 0 aliphatic heterocycles. The molecule has 0 aliphatic rings. The van der Waals surface area contributed by atoms with Crippen LogP contribution in [-0.4, -0.2) is 36.5 Å². The molecule has 0 atom stereocenters. The first kappa shape index (κ1) is 27.8. The predicted molar refractivity (Wildman–Crippen MR) is 125 cm³/mol. The molecule has 1 aromatic heterocycles. The van der Waals surface area contributed by atoms with E-state index in [4.69, 9.17) is 17.7 Å². The van der Waals surface area contributed by atoms with Crippen molar-refractivity contribution in [2.24, 2.45) is 0 Å². The highest BCUT2D eigenvalue weighted by Crippen LogP contribution is 2.29. The van der Waals surface area contributed by atoms with Crippen LogP contribution in [0.25, 0.3) is 10.2 Å². The number of methoxy groups -OCH3 is 1. The molecule has 0 unspecified atom stereocenters. The molecule has 13 heteroatoms. The lowest BCUT2D eigenvalue weighted by atomic mass is 10.2. The summed E-state index contributed by atoms with van der Waals surface area (Å²) < 4.78 is 67.8. The number of fused-ring (bicyclic) bond motifs is 1. The van der Waals surface area contributed by atoms with Gasteiger partial charge in [-0.05, 0) is 61.5 Å². The number of carbonyl (C=O) groups excluding carboxylic acids is 1. The van der Waals surface area contributed by atoms with Crippen LogP contribution in [0, 0.1) is 14.1 Å². The van der Waals surface area contributed by atoms with Crippen LogP contribution in [0.2, 0.25) is 0 Å². The molecule has 4 rings (SSSR count). The van der Waals surface area contributed by atoms with Crippen molar-refractivity contribution in [1.82, 2.24) is 4.98 Å². The number of amides is 1. The third-order valence-corrected chi connectivity index (χ3v) is 8.62. The number of benzene rings is 3. The number of nitrogens with one attached hydrogen (secondary N) is 1. The number of rotatable bonds is 5. The molecule has 0 saturated carbocycles. The van der Waals surface area contributed by atoms with E-state index in [0.29, 0.717) is 10.7 Å². The Hall–Kier alpha value is -2.75. The highest BCUT2D eigenvalue weighted by Gasteiger charge is 2.36. The summed E-state index contributed by atoms with van der Waals surface area (Å²) in [6.45, 7) is 2.09. The second-order valence-electron chi connectivity index (χ2n) is 7.10. The molecule has 3 aromatic carbocycles. The van der Waals surface area contributed by atoms with Gasteiger partial charge in [-0.2, -0.15) is 13.2 Å². The van der Waals surface area contributed by atoms with Crippen LogP contribution < -0.4 is 31.3 Å². The third kappa shape index (κ3) is 7.62. The van der Waals surface area contributed by atoms with Crippen molar-refractivity contribution in [2.45, 2.75) is 12.4 Å². The Balaban J connectivity index is 0.000000392. The van der Waals surface area contributed by atoms with E-state index in [2.05, 4.69) is 41.5 Å². The second-order valence-corrected chi connectivity index (χ2v) is 12.5. The van der Waals surface area contributed by atoms with E-state index in [1.165, 1.54) is 24.0 Å². The summed E-state index contributed by atoms with van der Waals surface area (Å²) in [6, 6.07) is 22.2. The average Bonchev–Trinajstić information content (AvgIpc) is 3.21. The van der Waals surface area contributed by atoms with Crippen LogP contribution >= 0.6 is 11.3 Å². The third-order valence-electron chi connectivity index (χ3n) is 4.44. The first-order chi connectivity index (χ1) is 16.9. The van der Waals surface area contributed by atoms with Gasteiger partial charge in [0, 0.05) is 5.56 Å². The monoisotopic (exact) mass is 650 g/mol. The number of carbonyl (C=O) groups is 1. The van der Waals surface area contributed by atoms with E-state index >= 15 is 0 Å². The van der Waals surface area contributed by atoms with Crippen LogP contribution in [-0.2, 0) is 10.1 Å². The number of alkyl halides is 3. The SMILES string of the molecule is COc1ccc2nc(NC(=O)c3ccc([I+]c4ccc(C)cc4)cc3)sc2c1.O=S(=O)([O-])C(F)(F)F. The smallest absolute Gasteiger partial charge is 0.485 e. The summed E-state index contributed by atoms with van der Waals surface area (Å²) in [5.41, 5.74) is -2.90. The molecule has 1 N–H and O–H groups in total. The van der Waals surface area contributed by atoms with Crippen LogP contribution in [0.3, 0.4) is 0 Å². The highest BCUT2D eigenvalue weighted by atomic mass is 127. The van der Waals surface area contributed by atoms with Crippen LogP contribution in [0.15, 0.2) is 66.7 Å². The Labute approximate surface area is 219 Å². The zero-order valence-corrected chi connectivity index (χ0v) is 22.5. The number of hydrogen-bond donors (Lipinski definition) is 1. The molecule has 1 amide bonds. The fourth-order valence-corrected chi connectivity index (χ4v) is 5.69. The standard InChI is InChI=1S/C22H17IN2O2S.CHF3O3S/c1-14-3-7-16(8-4-14)23-17-9-5-15(6-10-17)21(26)25-22-24-19-12-11-18(27-2)13-20(19)28-22;2-1(3,4)8(5,6)7/h3-13H,1-2H3;(H,5,6,7). The Morgan fingerprint density at radius 2 is 1.58 bits per heavy atom. The Morgan fingerprint density at radius 1 is 1.03 bits per heavy atom. The van der Waals surface area contributed by atoms with Crippen molar-refractivity contribution in [2.75, 3.05) is 12.4 Å². The van der Waals surface area contributed by atoms with E-state index < -0.39 is 15.6 Å². The predicted octanol–water partition coefficient (Wildman–Crippen LogP) is 2.05. The molecule has 0 bridgehead atoms. The normalized spacial score (nSPS) is 11.5. The lowest BCUT2D eigenvalue weighted by Crippen LogP contribution is -3.61. The molecular formula is C23H18F3IN2O5S2. The van der Waals surface area contributed by atoms with Crippen molar-refractivity contribution in [3.05, 3.63) is 85.0 Å². The maximum Gasteiger partial charge on any atom is 0.485 e. The minimum atomic E-state index is -6.09. The number of aryl methyl sites for hydroxylation is 1.